The summed E-state index contributed by atoms with van der Waals surface area (Å²) in [7, 11) is 0. The summed E-state index contributed by atoms with van der Waals surface area (Å²) in [6.07, 6.45) is -1.63. The first-order chi connectivity index (χ1) is 14.2. The Morgan fingerprint density at radius 2 is 2.03 bits per heavy atom. The number of nitrogens with one attached hydrogen (secondary N) is 1. The largest absolute Gasteiger partial charge is 0.319 e. The molecule has 0 aliphatic rings. The third kappa shape index (κ3) is 4.50. The number of hydrogen-bond acceptors (Lipinski definition) is 5. The maximum atomic E-state index is 13.8. The number of benzene rings is 1. The van der Waals surface area contributed by atoms with Crippen molar-refractivity contribution >= 4 is 33.3 Å². The predicted molar refractivity (Wildman–Crippen MR) is 103 cm³/mol. The summed E-state index contributed by atoms with van der Waals surface area (Å²) >= 11 is 3.23. The molecule has 0 atom stereocenters. The van der Waals surface area contributed by atoms with E-state index in [0.717, 1.165) is 4.68 Å². The highest BCUT2D eigenvalue weighted by atomic mass is 79.9. The fraction of sp³-hybridized carbons (Fsp3) is 0.235. The molecule has 3 aromatic rings. The van der Waals surface area contributed by atoms with Crippen LogP contribution in [0, 0.1) is 22.9 Å². The van der Waals surface area contributed by atoms with Crippen molar-refractivity contribution in [2.24, 2.45) is 0 Å². The molecule has 0 aliphatic heterocycles. The Labute approximate surface area is 175 Å². The molecule has 0 fully saturated rings. The summed E-state index contributed by atoms with van der Waals surface area (Å²) in [6.45, 7) is 0.804. The zero-order chi connectivity index (χ0) is 22.0. The SMILES string of the molecule is Cc1c([N+](=O)[O-])c(C(F)F)nn1CC(=O)Nc1nn(Cc2ccccc2F)cc1Br. The van der Waals surface area contributed by atoms with E-state index in [4.69, 9.17) is 0 Å². The molecule has 3 rings (SSSR count). The Morgan fingerprint density at radius 1 is 1.33 bits per heavy atom. The molecule has 1 amide bonds. The van der Waals surface area contributed by atoms with Crippen molar-refractivity contribution in [3.63, 3.8) is 0 Å². The fourth-order valence-corrected chi connectivity index (χ4v) is 3.17. The minimum Gasteiger partial charge on any atom is -0.307 e. The van der Waals surface area contributed by atoms with Crippen LogP contribution < -0.4 is 5.32 Å². The van der Waals surface area contributed by atoms with Gasteiger partial charge in [0.1, 0.15) is 18.1 Å². The van der Waals surface area contributed by atoms with Crippen LogP contribution >= 0.6 is 15.9 Å². The van der Waals surface area contributed by atoms with Gasteiger partial charge in [-0.25, -0.2) is 13.2 Å². The number of anilines is 1. The van der Waals surface area contributed by atoms with Crippen molar-refractivity contribution < 1.29 is 22.9 Å². The van der Waals surface area contributed by atoms with Gasteiger partial charge in [0.25, 0.3) is 6.43 Å². The molecule has 0 saturated carbocycles. The molecule has 1 aromatic carbocycles. The number of rotatable bonds is 7. The van der Waals surface area contributed by atoms with Gasteiger partial charge < -0.3 is 5.32 Å². The molecular weight excluding hydrogens is 473 g/mol. The van der Waals surface area contributed by atoms with Crippen LogP contribution in [0.1, 0.15) is 23.4 Å². The van der Waals surface area contributed by atoms with Crippen LogP contribution in [0.4, 0.5) is 24.7 Å². The third-order valence-electron chi connectivity index (χ3n) is 4.15. The van der Waals surface area contributed by atoms with Gasteiger partial charge in [-0.3, -0.25) is 24.3 Å². The number of amides is 1. The summed E-state index contributed by atoms with van der Waals surface area (Å²) in [5.41, 5.74) is -1.60. The molecule has 0 bridgehead atoms. The summed E-state index contributed by atoms with van der Waals surface area (Å²) in [5, 5.41) is 21.1. The molecule has 158 valence electrons. The molecule has 0 aliphatic carbocycles. The first-order valence-corrected chi connectivity index (χ1v) is 9.22. The lowest BCUT2D eigenvalue weighted by Gasteiger charge is -2.05. The lowest BCUT2D eigenvalue weighted by Crippen LogP contribution is -2.21. The number of carbonyl (C=O) groups excluding carboxylic acids is 1. The molecule has 9 nitrogen and oxygen atoms in total. The highest BCUT2D eigenvalue weighted by molar-refractivity contribution is 9.10. The zero-order valence-electron chi connectivity index (χ0n) is 15.4. The molecule has 0 saturated heterocycles. The maximum Gasteiger partial charge on any atom is 0.319 e. The number of alkyl halides is 2. The lowest BCUT2D eigenvalue weighted by molar-refractivity contribution is -0.386. The minimum atomic E-state index is -3.16. The molecule has 2 heterocycles. The molecule has 1 N–H and O–H groups in total. The molecular formula is C17H14BrF3N6O3. The lowest BCUT2D eigenvalue weighted by atomic mass is 10.2. The predicted octanol–water partition coefficient (Wildman–Crippen LogP) is 3.82. The van der Waals surface area contributed by atoms with E-state index in [2.05, 4.69) is 31.4 Å². The number of aromatic nitrogens is 4. The summed E-state index contributed by atoms with van der Waals surface area (Å²) in [6, 6.07) is 6.15. The quantitative estimate of drug-likeness (QED) is 0.403. The van der Waals surface area contributed by atoms with E-state index in [0.29, 0.717) is 10.0 Å². The van der Waals surface area contributed by atoms with E-state index in [-0.39, 0.29) is 18.1 Å². The van der Waals surface area contributed by atoms with Gasteiger partial charge in [0.05, 0.1) is 15.9 Å². The van der Waals surface area contributed by atoms with E-state index in [1.807, 2.05) is 0 Å². The fourth-order valence-electron chi connectivity index (χ4n) is 2.76. The Bertz CT molecular complexity index is 1110. The Hall–Kier alpha value is -3.22. The Morgan fingerprint density at radius 3 is 2.63 bits per heavy atom. The van der Waals surface area contributed by atoms with Crippen LogP contribution in [0.25, 0.3) is 0 Å². The van der Waals surface area contributed by atoms with E-state index >= 15 is 0 Å². The minimum absolute atomic E-state index is 0.114. The van der Waals surface area contributed by atoms with Gasteiger partial charge in [-0.2, -0.15) is 10.2 Å². The van der Waals surface area contributed by atoms with Gasteiger partial charge in [0, 0.05) is 11.8 Å². The topological polar surface area (TPSA) is 108 Å². The van der Waals surface area contributed by atoms with Crippen molar-refractivity contribution in [1.29, 1.82) is 0 Å². The molecule has 0 radical (unpaired) electrons. The monoisotopic (exact) mass is 486 g/mol. The first-order valence-electron chi connectivity index (χ1n) is 8.43. The molecule has 13 heteroatoms. The summed E-state index contributed by atoms with van der Waals surface area (Å²) in [5.74, 6) is -0.974. The Kier molecular flexibility index (Phi) is 6.20. The standard InChI is InChI=1S/C17H14BrF3N6O3/c1-9-15(27(29)30)14(16(20)21)23-26(9)8-13(28)22-17-11(18)7-25(24-17)6-10-4-2-3-5-12(10)19/h2-5,7,16H,6,8H2,1H3,(H,22,24,28). The molecule has 30 heavy (non-hydrogen) atoms. The summed E-state index contributed by atoms with van der Waals surface area (Å²) < 4.78 is 42.4. The molecule has 0 spiro atoms. The van der Waals surface area contributed by atoms with Crippen molar-refractivity contribution in [2.75, 3.05) is 5.32 Å². The van der Waals surface area contributed by atoms with Crippen molar-refractivity contribution in [2.45, 2.75) is 26.4 Å². The van der Waals surface area contributed by atoms with Gasteiger partial charge >= 0.3 is 5.69 Å². The van der Waals surface area contributed by atoms with Crippen molar-refractivity contribution in [3.05, 3.63) is 67.8 Å². The van der Waals surface area contributed by atoms with Gasteiger partial charge in [0.2, 0.25) is 11.6 Å². The number of nitro groups is 1. The van der Waals surface area contributed by atoms with E-state index in [9.17, 15) is 28.1 Å². The van der Waals surface area contributed by atoms with Crippen LogP contribution in [-0.2, 0) is 17.9 Å². The second-order valence-corrected chi connectivity index (χ2v) is 7.05. The third-order valence-corrected chi connectivity index (χ3v) is 4.73. The smallest absolute Gasteiger partial charge is 0.307 e. The molecule has 2 aromatic heterocycles. The van der Waals surface area contributed by atoms with E-state index in [1.54, 1.807) is 18.2 Å². The second-order valence-electron chi connectivity index (χ2n) is 6.20. The van der Waals surface area contributed by atoms with E-state index in [1.165, 1.54) is 23.9 Å². The number of hydrogen-bond donors (Lipinski definition) is 1. The maximum absolute atomic E-state index is 13.8. The average Bonchev–Trinajstić information content (AvgIpc) is 3.17. The van der Waals surface area contributed by atoms with Crippen molar-refractivity contribution in [3.8, 4) is 0 Å². The second kappa shape index (κ2) is 8.65. The zero-order valence-corrected chi connectivity index (χ0v) is 16.9. The van der Waals surface area contributed by atoms with Crippen LogP contribution in [0.2, 0.25) is 0 Å². The number of halogens is 4. The normalized spacial score (nSPS) is 11.1. The average molecular weight is 487 g/mol. The Balaban J connectivity index is 1.74. The van der Waals surface area contributed by atoms with Crippen LogP contribution in [0.15, 0.2) is 34.9 Å². The van der Waals surface area contributed by atoms with Gasteiger partial charge in [0.15, 0.2) is 5.82 Å². The van der Waals surface area contributed by atoms with Crippen LogP contribution in [0.3, 0.4) is 0 Å². The highest BCUT2D eigenvalue weighted by Gasteiger charge is 2.31. The van der Waals surface area contributed by atoms with Gasteiger partial charge in [-0.05, 0) is 28.9 Å². The van der Waals surface area contributed by atoms with Gasteiger partial charge in [-0.1, -0.05) is 18.2 Å². The molecule has 0 unspecified atom stereocenters. The first kappa shape index (κ1) is 21.5. The van der Waals surface area contributed by atoms with Gasteiger partial charge in [-0.15, -0.1) is 0 Å². The number of carbonyl (C=O) groups is 1. The highest BCUT2D eigenvalue weighted by Crippen LogP contribution is 2.30. The van der Waals surface area contributed by atoms with Crippen LogP contribution in [0.5, 0.6) is 0 Å². The van der Waals surface area contributed by atoms with Crippen LogP contribution in [-0.4, -0.2) is 30.4 Å². The number of nitrogens with zero attached hydrogens (tertiary/aromatic N) is 5. The van der Waals surface area contributed by atoms with E-state index < -0.39 is 41.0 Å². The van der Waals surface area contributed by atoms with Crippen molar-refractivity contribution in [1.82, 2.24) is 19.6 Å². The summed E-state index contributed by atoms with van der Waals surface area (Å²) in [4.78, 5) is 22.4.